The molecule has 19 heavy (non-hydrogen) atoms. The first-order valence-corrected chi connectivity index (χ1v) is 7.53. The number of hydrogen-bond donors (Lipinski definition) is 3. The average Bonchev–Trinajstić information content (AvgIpc) is 2.33. The Hall–Kier alpha value is -0.910. The minimum Gasteiger partial charge on any atom is -0.397 e. The number of hydrogen-bond acceptors (Lipinski definition) is 4. The topological polar surface area (TPSA) is 75.3 Å². The van der Waals surface area contributed by atoms with Crippen LogP contribution in [0.1, 0.15) is 19.8 Å². The third-order valence-electron chi connectivity index (χ3n) is 2.55. The van der Waals surface area contributed by atoms with Crippen LogP contribution in [0.25, 0.3) is 0 Å². The van der Waals surface area contributed by atoms with Gasteiger partial charge in [0.2, 0.25) is 5.91 Å². The van der Waals surface area contributed by atoms with Gasteiger partial charge in [-0.3, -0.25) is 4.79 Å². The van der Waals surface area contributed by atoms with Gasteiger partial charge in [0.05, 0.1) is 11.4 Å². The molecule has 6 heteroatoms. The van der Waals surface area contributed by atoms with Gasteiger partial charge in [0.1, 0.15) is 0 Å². The van der Waals surface area contributed by atoms with Gasteiger partial charge in [-0.05, 0) is 24.6 Å². The molecule has 0 aliphatic carbocycles. The van der Waals surface area contributed by atoms with Crippen molar-refractivity contribution in [3.8, 4) is 0 Å². The highest BCUT2D eigenvalue weighted by atomic mass is 35.5. The maximum atomic E-state index is 11.7. The van der Waals surface area contributed by atoms with Crippen molar-refractivity contribution in [1.82, 2.24) is 0 Å². The van der Waals surface area contributed by atoms with Crippen LogP contribution in [0.5, 0.6) is 0 Å². The molecule has 4 nitrogen and oxygen atoms in total. The van der Waals surface area contributed by atoms with Crippen LogP contribution < -0.4 is 11.1 Å². The molecule has 0 radical (unpaired) electrons. The fraction of sp³-hybridized carbons (Fsp3) is 0.462. The van der Waals surface area contributed by atoms with Gasteiger partial charge in [-0.1, -0.05) is 18.5 Å². The molecule has 1 aromatic carbocycles. The van der Waals surface area contributed by atoms with E-state index in [2.05, 4.69) is 5.32 Å². The Morgan fingerprint density at radius 3 is 2.95 bits per heavy atom. The van der Waals surface area contributed by atoms with Crippen molar-refractivity contribution in [3.05, 3.63) is 23.2 Å². The van der Waals surface area contributed by atoms with Gasteiger partial charge in [-0.25, -0.2) is 0 Å². The van der Waals surface area contributed by atoms with E-state index < -0.39 is 0 Å². The van der Waals surface area contributed by atoms with Crippen molar-refractivity contribution >= 4 is 40.6 Å². The molecule has 106 valence electrons. The number of aliphatic hydroxyl groups excluding tert-OH is 1. The molecule has 0 aliphatic rings. The largest absolute Gasteiger partial charge is 0.397 e. The van der Waals surface area contributed by atoms with Crippen LogP contribution in [0.4, 0.5) is 11.4 Å². The SMILES string of the molecule is CC(CCO)SCCC(=O)Nc1ccc(Cl)cc1N. The lowest BCUT2D eigenvalue weighted by Gasteiger charge is -2.10. The summed E-state index contributed by atoms with van der Waals surface area (Å²) in [4.78, 5) is 11.7. The molecule has 0 saturated heterocycles. The Labute approximate surface area is 122 Å². The number of nitrogen functional groups attached to an aromatic ring is 1. The van der Waals surface area contributed by atoms with Crippen molar-refractivity contribution < 1.29 is 9.90 Å². The summed E-state index contributed by atoms with van der Waals surface area (Å²) in [5.74, 6) is 0.651. The Morgan fingerprint density at radius 2 is 2.32 bits per heavy atom. The minimum atomic E-state index is -0.0716. The van der Waals surface area contributed by atoms with Gasteiger partial charge in [-0.15, -0.1) is 0 Å². The van der Waals surface area contributed by atoms with Crippen molar-refractivity contribution in [3.63, 3.8) is 0 Å². The lowest BCUT2D eigenvalue weighted by atomic mass is 10.2. The number of amides is 1. The monoisotopic (exact) mass is 302 g/mol. The van der Waals surface area contributed by atoms with E-state index in [0.717, 1.165) is 12.2 Å². The summed E-state index contributed by atoms with van der Waals surface area (Å²) >= 11 is 7.46. The number of thioether (sulfide) groups is 1. The first-order valence-electron chi connectivity index (χ1n) is 6.10. The Morgan fingerprint density at radius 1 is 1.58 bits per heavy atom. The summed E-state index contributed by atoms with van der Waals surface area (Å²) in [6.07, 6.45) is 1.17. The number of carbonyl (C=O) groups is 1. The molecule has 1 atom stereocenters. The lowest BCUT2D eigenvalue weighted by molar-refractivity contribution is -0.115. The Balaban J connectivity index is 2.35. The van der Waals surface area contributed by atoms with Gasteiger partial charge in [-0.2, -0.15) is 11.8 Å². The van der Waals surface area contributed by atoms with Crippen molar-refractivity contribution in [1.29, 1.82) is 0 Å². The fourth-order valence-corrected chi connectivity index (χ4v) is 2.64. The standard InChI is InChI=1S/C13H19ClN2O2S/c1-9(4-6-17)19-7-5-13(18)16-12-3-2-10(14)8-11(12)15/h2-3,8-9,17H,4-7,15H2,1H3,(H,16,18). The molecular weight excluding hydrogens is 284 g/mol. The van der Waals surface area contributed by atoms with E-state index in [1.165, 1.54) is 0 Å². The quantitative estimate of drug-likeness (QED) is 0.677. The molecule has 0 aliphatic heterocycles. The molecule has 0 heterocycles. The summed E-state index contributed by atoms with van der Waals surface area (Å²) in [5, 5.41) is 12.4. The fourth-order valence-electron chi connectivity index (χ4n) is 1.48. The maximum absolute atomic E-state index is 11.7. The van der Waals surface area contributed by atoms with Crippen molar-refractivity contribution in [2.45, 2.75) is 25.0 Å². The van der Waals surface area contributed by atoms with E-state index in [1.807, 2.05) is 6.92 Å². The molecule has 0 spiro atoms. The van der Waals surface area contributed by atoms with Crippen molar-refractivity contribution in [2.75, 3.05) is 23.4 Å². The molecule has 0 fully saturated rings. The van der Waals surface area contributed by atoms with Gasteiger partial charge >= 0.3 is 0 Å². The smallest absolute Gasteiger partial charge is 0.225 e. The molecule has 4 N–H and O–H groups in total. The first-order chi connectivity index (χ1) is 9.02. The summed E-state index contributed by atoms with van der Waals surface area (Å²) in [6, 6.07) is 4.98. The predicted octanol–water partition coefficient (Wildman–Crippen LogP) is 2.75. The Kier molecular flexibility index (Phi) is 7.05. The van der Waals surface area contributed by atoms with E-state index in [9.17, 15) is 4.79 Å². The van der Waals surface area contributed by atoms with Gasteiger partial charge < -0.3 is 16.2 Å². The molecule has 1 aromatic rings. The van der Waals surface area contributed by atoms with Crippen LogP contribution in [0, 0.1) is 0 Å². The number of halogens is 1. The second-order valence-electron chi connectivity index (χ2n) is 4.22. The van der Waals surface area contributed by atoms with Crippen molar-refractivity contribution in [2.24, 2.45) is 0 Å². The molecule has 1 rings (SSSR count). The number of benzene rings is 1. The number of aliphatic hydroxyl groups is 1. The summed E-state index contributed by atoms with van der Waals surface area (Å²) in [6.45, 7) is 2.22. The predicted molar refractivity (Wildman–Crippen MR) is 82.7 cm³/mol. The number of carbonyl (C=O) groups excluding carboxylic acids is 1. The van der Waals surface area contributed by atoms with Crippen LogP contribution in [0.2, 0.25) is 5.02 Å². The third-order valence-corrected chi connectivity index (χ3v) is 4.03. The van der Waals surface area contributed by atoms with Crippen LogP contribution in [0.3, 0.4) is 0 Å². The Bertz CT molecular complexity index is 429. The van der Waals surface area contributed by atoms with Gasteiger partial charge in [0.15, 0.2) is 0 Å². The van der Waals surface area contributed by atoms with E-state index in [1.54, 1.807) is 30.0 Å². The number of anilines is 2. The van der Waals surface area contributed by atoms with Crippen LogP contribution >= 0.6 is 23.4 Å². The zero-order valence-corrected chi connectivity index (χ0v) is 12.4. The number of nitrogens with two attached hydrogens (primary N) is 1. The number of nitrogens with one attached hydrogen (secondary N) is 1. The highest BCUT2D eigenvalue weighted by Gasteiger charge is 2.07. The van der Waals surface area contributed by atoms with E-state index in [4.69, 9.17) is 22.4 Å². The van der Waals surface area contributed by atoms with E-state index >= 15 is 0 Å². The first kappa shape index (κ1) is 16.1. The molecule has 1 amide bonds. The minimum absolute atomic E-state index is 0.0716. The van der Waals surface area contributed by atoms with Crippen LogP contribution in [-0.2, 0) is 4.79 Å². The van der Waals surface area contributed by atoms with Crippen LogP contribution in [-0.4, -0.2) is 28.6 Å². The average molecular weight is 303 g/mol. The molecule has 0 aromatic heterocycles. The number of rotatable bonds is 7. The highest BCUT2D eigenvalue weighted by molar-refractivity contribution is 7.99. The second-order valence-corrected chi connectivity index (χ2v) is 6.21. The van der Waals surface area contributed by atoms with E-state index in [0.29, 0.717) is 28.1 Å². The zero-order chi connectivity index (χ0) is 14.3. The normalized spacial score (nSPS) is 12.2. The molecular formula is C13H19ClN2O2S. The molecule has 0 saturated carbocycles. The lowest BCUT2D eigenvalue weighted by Crippen LogP contribution is -2.14. The summed E-state index contributed by atoms with van der Waals surface area (Å²) in [5.41, 5.74) is 6.80. The van der Waals surface area contributed by atoms with E-state index in [-0.39, 0.29) is 12.5 Å². The maximum Gasteiger partial charge on any atom is 0.225 e. The third kappa shape index (κ3) is 6.18. The molecule has 1 unspecified atom stereocenters. The van der Waals surface area contributed by atoms with Crippen LogP contribution in [0.15, 0.2) is 18.2 Å². The van der Waals surface area contributed by atoms with Gasteiger partial charge in [0, 0.05) is 29.1 Å². The zero-order valence-electron chi connectivity index (χ0n) is 10.9. The second kappa shape index (κ2) is 8.30. The summed E-state index contributed by atoms with van der Waals surface area (Å²) in [7, 11) is 0. The highest BCUT2D eigenvalue weighted by Crippen LogP contribution is 2.23. The van der Waals surface area contributed by atoms with Gasteiger partial charge in [0.25, 0.3) is 0 Å². The summed E-state index contributed by atoms with van der Waals surface area (Å²) < 4.78 is 0. The molecule has 0 bridgehead atoms.